The molecule has 0 bridgehead atoms. The summed E-state index contributed by atoms with van der Waals surface area (Å²) in [7, 11) is 0. The van der Waals surface area contributed by atoms with Crippen LogP contribution in [0, 0.1) is 11.7 Å². The van der Waals surface area contributed by atoms with E-state index in [1.807, 2.05) is 0 Å². The summed E-state index contributed by atoms with van der Waals surface area (Å²) < 4.78 is 13.8. The zero-order chi connectivity index (χ0) is 14.8. The highest BCUT2D eigenvalue weighted by Crippen LogP contribution is 2.32. The largest absolute Gasteiger partial charge is 0.394 e. The molecular formula is C15H19BrFNO2. The number of carbonyl (C=O) groups excluding carboxylic acids is 1. The van der Waals surface area contributed by atoms with E-state index in [0.717, 1.165) is 25.7 Å². The number of hydrogen-bond acceptors (Lipinski definition) is 2. The van der Waals surface area contributed by atoms with Crippen molar-refractivity contribution in [2.24, 2.45) is 5.92 Å². The van der Waals surface area contributed by atoms with Crippen LogP contribution in [-0.2, 0) is 0 Å². The van der Waals surface area contributed by atoms with Crippen molar-refractivity contribution in [1.82, 2.24) is 5.32 Å². The maximum atomic E-state index is 13.3. The van der Waals surface area contributed by atoms with E-state index in [2.05, 4.69) is 28.2 Å². The number of amides is 1. The third-order valence-electron chi connectivity index (χ3n) is 3.95. The van der Waals surface area contributed by atoms with Gasteiger partial charge in [0.2, 0.25) is 0 Å². The molecule has 0 saturated heterocycles. The highest BCUT2D eigenvalue weighted by atomic mass is 79.9. The Labute approximate surface area is 126 Å². The van der Waals surface area contributed by atoms with Gasteiger partial charge in [0.15, 0.2) is 0 Å². The maximum Gasteiger partial charge on any atom is 0.253 e. The highest BCUT2D eigenvalue weighted by Gasteiger charge is 2.36. The number of aliphatic hydroxyl groups is 1. The number of nitrogens with one attached hydrogen (secondary N) is 1. The molecule has 3 nitrogen and oxygen atoms in total. The molecule has 0 heterocycles. The molecule has 2 unspecified atom stereocenters. The summed E-state index contributed by atoms with van der Waals surface area (Å²) in [6.45, 7) is 2.03. The minimum Gasteiger partial charge on any atom is -0.394 e. The van der Waals surface area contributed by atoms with Crippen LogP contribution in [0.1, 0.15) is 43.0 Å². The fourth-order valence-corrected chi connectivity index (χ4v) is 3.36. The molecule has 0 aromatic heterocycles. The average Bonchev–Trinajstić information content (AvgIpc) is 2.41. The van der Waals surface area contributed by atoms with Crippen molar-refractivity contribution < 1.29 is 14.3 Å². The Morgan fingerprint density at radius 2 is 2.35 bits per heavy atom. The molecule has 0 radical (unpaired) electrons. The molecule has 1 saturated carbocycles. The molecule has 2 rings (SSSR count). The average molecular weight is 344 g/mol. The number of halogens is 2. The van der Waals surface area contributed by atoms with Crippen molar-refractivity contribution in [3.63, 3.8) is 0 Å². The lowest BCUT2D eigenvalue weighted by Gasteiger charge is -2.39. The Kier molecular flexibility index (Phi) is 4.81. The van der Waals surface area contributed by atoms with Crippen molar-refractivity contribution in [1.29, 1.82) is 0 Å². The Morgan fingerprint density at radius 3 is 3.00 bits per heavy atom. The van der Waals surface area contributed by atoms with Gasteiger partial charge in [0.25, 0.3) is 5.91 Å². The van der Waals surface area contributed by atoms with Crippen LogP contribution in [0.25, 0.3) is 0 Å². The van der Waals surface area contributed by atoms with Crippen LogP contribution in [0.5, 0.6) is 0 Å². The first kappa shape index (κ1) is 15.4. The number of aliphatic hydroxyl groups excluding tert-OH is 1. The van der Waals surface area contributed by atoms with Crippen LogP contribution in [0.3, 0.4) is 0 Å². The molecule has 1 aromatic carbocycles. The Bertz CT molecular complexity index is 509. The second kappa shape index (κ2) is 6.22. The predicted molar refractivity (Wildman–Crippen MR) is 79.0 cm³/mol. The zero-order valence-corrected chi connectivity index (χ0v) is 13.0. The monoisotopic (exact) mass is 343 g/mol. The highest BCUT2D eigenvalue weighted by molar-refractivity contribution is 9.10. The summed E-state index contributed by atoms with van der Waals surface area (Å²) in [5.74, 6) is -0.333. The van der Waals surface area contributed by atoms with Crippen molar-refractivity contribution in [3.8, 4) is 0 Å². The summed E-state index contributed by atoms with van der Waals surface area (Å²) in [5, 5.41) is 12.6. The second-order valence-corrected chi connectivity index (χ2v) is 6.57. The topological polar surface area (TPSA) is 49.3 Å². The molecule has 20 heavy (non-hydrogen) atoms. The van der Waals surface area contributed by atoms with Crippen LogP contribution >= 0.6 is 15.9 Å². The van der Waals surface area contributed by atoms with E-state index < -0.39 is 11.4 Å². The summed E-state index contributed by atoms with van der Waals surface area (Å²) in [5.41, 5.74) is -0.323. The van der Waals surface area contributed by atoms with E-state index in [0.29, 0.717) is 10.4 Å². The Balaban J connectivity index is 2.19. The van der Waals surface area contributed by atoms with Gasteiger partial charge in [0, 0.05) is 4.47 Å². The third kappa shape index (κ3) is 3.38. The fraction of sp³-hybridized carbons (Fsp3) is 0.533. The quantitative estimate of drug-likeness (QED) is 0.884. The molecule has 1 aliphatic carbocycles. The van der Waals surface area contributed by atoms with Crippen LogP contribution in [0.15, 0.2) is 22.7 Å². The molecule has 110 valence electrons. The van der Waals surface area contributed by atoms with E-state index in [-0.39, 0.29) is 18.1 Å². The Morgan fingerprint density at radius 1 is 1.60 bits per heavy atom. The van der Waals surface area contributed by atoms with E-state index >= 15 is 0 Å². The number of benzene rings is 1. The van der Waals surface area contributed by atoms with E-state index in [9.17, 15) is 14.3 Å². The first-order valence-corrected chi connectivity index (χ1v) is 7.63. The summed E-state index contributed by atoms with van der Waals surface area (Å²) in [4.78, 5) is 12.3. The van der Waals surface area contributed by atoms with Gasteiger partial charge in [-0.25, -0.2) is 4.39 Å². The van der Waals surface area contributed by atoms with Crippen molar-refractivity contribution in [2.45, 2.75) is 38.1 Å². The molecule has 1 fully saturated rings. The standard InChI is InChI=1S/C15H19BrFNO2/c1-10-3-2-6-15(8-10,9-19)18-14(20)12-7-11(17)4-5-13(12)16/h4-5,7,10,19H,2-3,6,8-9H2,1H3,(H,18,20). The lowest BCUT2D eigenvalue weighted by atomic mass is 9.76. The van der Waals surface area contributed by atoms with Crippen molar-refractivity contribution in [2.75, 3.05) is 6.61 Å². The molecule has 5 heteroatoms. The van der Waals surface area contributed by atoms with Gasteiger partial charge in [-0.15, -0.1) is 0 Å². The minimum atomic E-state index is -0.583. The molecule has 1 amide bonds. The van der Waals surface area contributed by atoms with Gasteiger partial charge in [-0.2, -0.15) is 0 Å². The van der Waals surface area contributed by atoms with Crippen LogP contribution in [0.2, 0.25) is 0 Å². The van der Waals surface area contributed by atoms with Crippen LogP contribution < -0.4 is 5.32 Å². The maximum absolute atomic E-state index is 13.3. The number of rotatable bonds is 3. The molecule has 0 aliphatic heterocycles. The molecule has 2 atom stereocenters. The van der Waals surface area contributed by atoms with Gasteiger partial charge in [0.05, 0.1) is 17.7 Å². The third-order valence-corrected chi connectivity index (χ3v) is 4.64. The van der Waals surface area contributed by atoms with Gasteiger partial charge in [0.1, 0.15) is 5.82 Å². The smallest absolute Gasteiger partial charge is 0.253 e. The van der Waals surface area contributed by atoms with E-state index in [4.69, 9.17) is 0 Å². The molecule has 1 aliphatic rings. The van der Waals surface area contributed by atoms with Gasteiger partial charge in [-0.05, 0) is 52.9 Å². The fourth-order valence-electron chi connectivity index (χ4n) is 2.94. The zero-order valence-electron chi connectivity index (χ0n) is 11.5. The van der Waals surface area contributed by atoms with Gasteiger partial charge in [-0.1, -0.05) is 19.8 Å². The van der Waals surface area contributed by atoms with E-state index in [1.165, 1.54) is 18.2 Å². The molecule has 2 N–H and O–H groups in total. The molecule has 1 aromatic rings. The SMILES string of the molecule is CC1CCCC(CO)(NC(=O)c2cc(F)ccc2Br)C1. The number of carbonyl (C=O) groups is 1. The van der Waals surface area contributed by atoms with Crippen molar-refractivity contribution in [3.05, 3.63) is 34.1 Å². The summed E-state index contributed by atoms with van der Waals surface area (Å²) in [6, 6.07) is 4.02. The lowest BCUT2D eigenvalue weighted by Crippen LogP contribution is -2.53. The molecule has 0 spiro atoms. The lowest BCUT2D eigenvalue weighted by molar-refractivity contribution is 0.0696. The first-order chi connectivity index (χ1) is 9.46. The molecular weight excluding hydrogens is 325 g/mol. The van der Waals surface area contributed by atoms with Crippen molar-refractivity contribution >= 4 is 21.8 Å². The van der Waals surface area contributed by atoms with Crippen LogP contribution in [0.4, 0.5) is 4.39 Å². The van der Waals surface area contributed by atoms with Gasteiger partial charge < -0.3 is 10.4 Å². The second-order valence-electron chi connectivity index (χ2n) is 5.72. The van der Waals surface area contributed by atoms with E-state index in [1.54, 1.807) is 0 Å². The summed E-state index contributed by atoms with van der Waals surface area (Å²) >= 11 is 3.26. The number of hydrogen-bond donors (Lipinski definition) is 2. The summed E-state index contributed by atoms with van der Waals surface area (Å²) in [6.07, 6.45) is 3.60. The van der Waals surface area contributed by atoms with Crippen LogP contribution in [-0.4, -0.2) is 23.2 Å². The van der Waals surface area contributed by atoms with Gasteiger partial charge in [-0.3, -0.25) is 4.79 Å². The Hall–Kier alpha value is -0.940. The van der Waals surface area contributed by atoms with Gasteiger partial charge >= 0.3 is 0 Å². The normalized spacial score (nSPS) is 26.3. The first-order valence-electron chi connectivity index (χ1n) is 6.84. The minimum absolute atomic E-state index is 0.0873. The predicted octanol–water partition coefficient (Wildman–Crippen LogP) is 3.26.